The summed E-state index contributed by atoms with van der Waals surface area (Å²) in [7, 11) is 0. The molecule has 1 aliphatic heterocycles. The average molecular weight is 401 g/mol. The summed E-state index contributed by atoms with van der Waals surface area (Å²) in [6.07, 6.45) is 5.70. The van der Waals surface area contributed by atoms with Crippen LogP contribution in [0.4, 0.5) is 0 Å². The molecule has 1 N–H and O–H groups in total. The summed E-state index contributed by atoms with van der Waals surface area (Å²) in [6, 6.07) is 5.01. The lowest BCUT2D eigenvalue weighted by Gasteiger charge is -2.33. The summed E-state index contributed by atoms with van der Waals surface area (Å²) in [5.41, 5.74) is 3.89. The SMILES string of the molecule is O=C(c1n[nH]c2c1CCCC2)N1CCCC(n2c(=O)oc3ccc(Cl)cc32)C1. The third-order valence-corrected chi connectivity index (χ3v) is 6.12. The zero-order chi connectivity index (χ0) is 19.3. The number of likely N-dealkylation sites (tertiary alicyclic amines) is 1. The number of carbonyl (C=O) groups excluding carboxylic acids is 1. The molecule has 3 heterocycles. The molecule has 1 unspecified atom stereocenters. The van der Waals surface area contributed by atoms with Crippen molar-refractivity contribution in [2.75, 3.05) is 13.1 Å². The molecule has 5 rings (SSSR count). The Morgan fingerprint density at radius 3 is 3.00 bits per heavy atom. The third kappa shape index (κ3) is 2.85. The molecule has 0 spiro atoms. The van der Waals surface area contributed by atoms with Gasteiger partial charge in [-0.3, -0.25) is 14.5 Å². The van der Waals surface area contributed by atoms with Gasteiger partial charge in [0.1, 0.15) is 0 Å². The molecular formula is C20H21ClN4O3. The first kappa shape index (κ1) is 17.6. The van der Waals surface area contributed by atoms with E-state index in [1.165, 1.54) is 0 Å². The fraction of sp³-hybridized carbons (Fsp3) is 0.450. The largest absolute Gasteiger partial charge is 0.420 e. The fourth-order valence-corrected chi connectivity index (χ4v) is 4.68. The number of carbonyl (C=O) groups is 1. The summed E-state index contributed by atoms with van der Waals surface area (Å²) >= 11 is 6.12. The van der Waals surface area contributed by atoms with Crippen molar-refractivity contribution in [1.29, 1.82) is 0 Å². The van der Waals surface area contributed by atoms with Crippen LogP contribution < -0.4 is 5.76 Å². The molecule has 0 radical (unpaired) electrons. The second kappa shape index (κ2) is 6.81. The van der Waals surface area contributed by atoms with E-state index in [4.69, 9.17) is 16.0 Å². The van der Waals surface area contributed by atoms with Crippen molar-refractivity contribution >= 4 is 28.6 Å². The molecule has 2 aromatic heterocycles. The van der Waals surface area contributed by atoms with E-state index in [2.05, 4.69) is 10.2 Å². The van der Waals surface area contributed by atoms with Crippen molar-refractivity contribution in [2.45, 2.75) is 44.6 Å². The Labute approximate surface area is 166 Å². The average Bonchev–Trinajstić information content (AvgIpc) is 3.27. The first-order valence-electron chi connectivity index (χ1n) is 9.78. The van der Waals surface area contributed by atoms with Crippen LogP contribution in [-0.4, -0.2) is 38.7 Å². The normalized spacial score (nSPS) is 19.8. The summed E-state index contributed by atoms with van der Waals surface area (Å²) < 4.78 is 7.02. The lowest BCUT2D eigenvalue weighted by atomic mass is 9.95. The highest BCUT2D eigenvalue weighted by Crippen LogP contribution is 2.29. The Balaban J connectivity index is 1.45. The van der Waals surface area contributed by atoms with Crippen molar-refractivity contribution < 1.29 is 9.21 Å². The van der Waals surface area contributed by atoms with Gasteiger partial charge < -0.3 is 9.32 Å². The molecule has 1 saturated heterocycles. The molecule has 1 fully saturated rings. The number of oxazole rings is 1. The summed E-state index contributed by atoms with van der Waals surface area (Å²) in [5.74, 6) is -0.461. The van der Waals surface area contributed by atoms with Gasteiger partial charge >= 0.3 is 5.76 Å². The van der Waals surface area contributed by atoms with Crippen molar-refractivity contribution in [3.8, 4) is 0 Å². The van der Waals surface area contributed by atoms with Crippen LogP contribution >= 0.6 is 11.6 Å². The van der Waals surface area contributed by atoms with E-state index in [0.717, 1.165) is 49.8 Å². The molecule has 2 aliphatic rings. The van der Waals surface area contributed by atoms with E-state index in [0.29, 0.717) is 34.9 Å². The number of aryl methyl sites for hydroxylation is 1. The first-order valence-corrected chi connectivity index (χ1v) is 10.2. The van der Waals surface area contributed by atoms with Crippen molar-refractivity contribution in [2.24, 2.45) is 0 Å². The second-order valence-corrected chi connectivity index (χ2v) is 8.07. The molecule has 0 bridgehead atoms. The van der Waals surface area contributed by atoms with Crippen LogP contribution in [0.1, 0.15) is 53.5 Å². The van der Waals surface area contributed by atoms with E-state index < -0.39 is 5.76 Å². The monoisotopic (exact) mass is 400 g/mol. The number of benzene rings is 1. The number of H-pyrrole nitrogens is 1. The fourth-order valence-electron chi connectivity index (χ4n) is 4.51. The standard InChI is InChI=1S/C20H21ClN4O3/c21-12-7-8-17-16(10-12)25(20(27)28-17)13-4-3-9-24(11-13)19(26)18-14-5-1-2-6-15(14)22-23-18/h7-8,10,13H,1-6,9,11H2,(H,22,23). The van der Waals surface area contributed by atoms with E-state index in [9.17, 15) is 9.59 Å². The number of halogens is 1. The smallest absolute Gasteiger partial charge is 0.408 e. The number of nitrogens with zero attached hydrogens (tertiary/aromatic N) is 3. The van der Waals surface area contributed by atoms with E-state index >= 15 is 0 Å². The van der Waals surface area contributed by atoms with Gasteiger partial charge in [-0.25, -0.2) is 4.79 Å². The number of nitrogens with one attached hydrogen (secondary N) is 1. The van der Waals surface area contributed by atoms with Crippen molar-refractivity contribution in [1.82, 2.24) is 19.7 Å². The molecule has 1 amide bonds. The molecule has 7 nitrogen and oxygen atoms in total. The second-order valence-electron chi connectivity index (χ2n) is 7.63. The zero-order valence-corrected chi connectivity index (χ0v) is 16.2. The van der Waals surface area contributed by atoms with Crippen LogP contribution in [0.2, 0.25) is 5.02 Å². The van der Waals surface area contributed by atoms with E-state index in [1.807, 2.05) is 4.90 Å². The molecule has 3 aromatic rings. The van der Waals surface area contributed by atoms with Crippen LogP contribution in [0.15, 0.2) is 27.4 Å². The molecule has 146 valence electrons. The molecule has 1 aromatic carbocycles. The molecular weight excluding hydrogens is 380 g/mol. The van der Waals surface area contributed by atoms with Crippen molar-refractivity contribution in [3.63, 3.8) is 0 Å². The van der Waals surface area contributed by atoms with Gasteiger partial charge in [-0.05, 0) is 56.7 Å². The minimum Gasteiger partial charge on any atom is -0.408 e. The highest BCUT2D eigenvalue weighted by molar-refractivity contribution is 6.31. The quantitative estimate of drug-likeness (QED) is 0.715. The maximum Gasteiger partial charge on any atom is 0.420 e. The van der Waals surface area contributed by atoms with Gasteiger partial charge in [-0.2, -0.15) is 5.10 Å². The molecule has 1 atom stereocenters. The first-order chi connectivity index (χ1) is 13.6. The number of fused-ring (bicyclic) bond motifs is 2. The Morgan fingerprint density at radius 1 is 1.25 bits per heavy atom. The van der Waals surface area contributed by atoms with Crippen LogP contribution in [-0.2, 0) is 12.8 Å². The van der Waals surface area contributed by atoms with Gasteiger partial charge in [-0.15, -0.1) is 0 Å². The number of rotatable bonds is 2. The van der Waals surface area contributed by atoms with Crippen molar-refractivity contribution in [3.05, 3.63) is 50.7 Å². The summed E-state index contributed by atoms with van der Waals surface area (Å²) in [4.78, 5) is 27.5. The van der Waals surface area contributed by atoms with Gasteiger partial charge in [-0.1, -0.05) is 11.6 Å². The predicted octanol–water partition coefficient (Wildman–Crippen LogP) is 3.33. The molecule has 1 aliphatic carbocycles. The topological polar surface area (TPSA) is 84.1 Å². The predicted molar refractivity (Wildman–Crippen MR) is 105 cm³/mol. The lowest BCUT2D eigenvalue weighted by molar-refractivity contribution is 0.0670. The summed E-state index contributed by atoms with van der Waals surface area (Å²) in [6.45, 7) is 1.13. The van der Waals surface area contributed by atoms with Crippen LogP contribution in [0.5, 0.6) is 0 Å². The number of aromatic nitrogens is 3. The molecule has 0 saturated carbocycles. The highest BCUT2D eigenvalue weighted by atomic mass is 35.5. The summed E-state index contributed by atoms with van der Waals surface area (Å²) in [5, 5.41) is 7.91. The van der Waals surface area contributed by atoms with Crippen LogP contribution in [0.25, 0.3) is 11.1 Å². The minimum absolute atomic E-state index is 0.0528. The van der Waals surface area contributed by atoms with Crippen LogP contribution in [0, 0.1) is 0 Å². The molecule has 8 heteroatoms. The lowest BCUT2D eigenvalue weighted by Crippen LogP contribution is -2.42. The zero-order valence-electron chi connectivity index (χ0n) is 15.4. The van der Waals surface area contributed by atoms with Gasteiger partial charge in [0, 0.05) is 29.4 Å². The van der Waals surface area contributed by atoms with Crippen LogP contribution in [0.3, 0.4) is 0 Å². The molecule has 28 heavy (non-hydrogen) atoms. The maximum absolute atomic E-state index is 13.2. The maximum atomic E-state index is 13.2. The van der Waals surface area contributed by atoms with Gasteiger partial charge in [0.25, 0.3) is 5.91 Å². The minimum atomic E-state index is -0.409. The Bertz CT molecular complexity index is 1110. The number of amides is 1. The Morgan fingerprint density at radius 2 is 2.11 bits per heavy atom. The highest BCUT2D eigenvalue weighted by Gasteiger charge is 2.31. The van der Waals surface area contributed by atoms with Gasteiger partial charge in [0.2, 0.25) is 0 Å². The van der Waals surface area contributed by atoms with E-state index in [1.54, 1.807) is 22.8 Å². The van der Waals surface area contributed by atoms with E-state index in [-0.39, 0.29) is 11.9 Å². The number of aromatic amines is 1. The third-order valence-electron chi connectivity index (χ3n) is 5.88. The number of hydrogen-bond acceptors (Lipinski definition) is 4. The number of hydrogen-bond donors (Lipinski definition) is 1. The Hall–Kier alpha value is -2.54. The Kier molecular flexibility index (Phi) is 4.27. The van der Waals surface area contributed by atoms with Gasteiger partial charge in [0.05, 0.1) is 11.6 Å². The van der Waals surface area contributed by atoms with Gasteiger partial charge in [0.15, 0.2) is 11.3 Å². The number of piperidine rings is 1.